The van der Waals surface area contributed by atoms with E-state index in [1.165, 1.54) is 0 Å². The van der Waals surface area contributed by atoms with E-state index >= 15 is 0 Å². The molecule has 8 heteroatoms. The third kappa shape index (κ3) is 4.31. The number of nitrogens with one attached hydrogen (secondary N) is 1. The molecule has 2 heterocycles. The van der Waals surface area contributed by atoms with Crippen LogP contribution in [-0.4, -0.2) is 41.9 Å². The highest BCUT2D eigenvalue weighted by Crippen LogP contribution is 2.31. The number of carbonyl (C=O) groups excluding carboxylic acids is 1. The number of hydrogen-bond donors (Lipinski definition) is 2. The average Bonchev–Trinajstić information content (AvgIpc) is 3.04. The van der Waals surface area contributed by atoms with Gasteiger partial charge in [-0.05, 0) is 31.7 Å². The number of benzene rings is 1. The normalized spacial score (nSPS) is 16.1. The first kappa shape index (κ1) is 19.4. The minimum atomic E-state index is -0.921. The minimum Gasteiger partial charge on any atom is -0.481 e. The summed E-state index contributed by atoms with van der Waals surface area (Å²) in [6, 6.07) is 7.02. The largest absolute Gasteiger partial charge is 0.481 e. The Hall–Kier alpha value is -2.38. The van der Waals surface area contributed by atoms with Crippen LogP contribution in [0.5, 0.6) is 0 Å². The second-order valence-electron chi connectivity index (χ2n) is 6.55. The van der Waals surface area contributed by atoms with Crippen LogP contribution in [0.15, 0.2) is 28.8 Å². The van der Waals surface area contributed by atoms with Crippen LogP contribution in [0.25, 0.3) is 11.3 Å². The molecule has 1 aromatic heterocycles. The van der Waals surface area contributed by atoms with Gasteiger partial charge in [-0.25, -0.2) is 0 Å². The summed E-state index contributed by atoms with van der Waals surface area (Å²) in [6.07, 6.45) is 1.34. The number of amides is 1. The molecule has 3 rings (SSSR count). The van der Waals surface area contributed by atoms with Gasteiger partial charge in [-0.3, -0.25) is 9.59 Å². The number of hydrogen-bond acceptors (Lipinski definition) is 5. The fourth-order valence-corrected chi connectivity index (χ4v) is 3.57. The second-order valence-corrected chi connectivity index (χ2v) is 6.95. The molecule has 1 unspecified atom stereocenters. The zero-order chi connectivity index (χ0) is 19.4. The highest BCUT2D eigenvalue weighted by Gasteiger charge is 2.31. The maximum absolute atomic E-state index is 12.8. The molecule has 1 aromatic carbocycles. The Morgan fingerprint density at radius 2 is 2.04 bits per heavy atom. The first-order valence-electron chi connectivity index (χ1n) is 8.79. The van der Waals surface area contributed by atoms with Crippen molar-refractivity contribution in [1.82, 2.24) is 10.5 Å². The van der Waals surface area contributed by atoms with Gasteiger partial charge in [0.15, 0.2) is 0 Å². The van der Waals surface area contributed by atoms with Gasteiger partial charge in [0.2, 0.25) is 0 Å². The molecule has 144 valence electrons. The SMILES string of the molecule is Cc1onc(-c2ccccc2Cl)c1C(=O)NCC(C(=O)O)C1CCOCC1. The van der Waals surface area contributed by atoms with Gasteiger partial charge in [0, 0.05) is 25.3 Å². The van der Waals surface area contributed by atoms with Crippen molar-refractivity contribution in [2.24, 2.45) is 11.8 Å². The van der Waals surface area contributed by atoms with Gasteiger partial charge in [0.05, 0.1) is 10.9 Å². The molecule has 1 aliphatic rings. The van der Waals surface area contributed by atoms with Gasteiger partial charge >= 0.3 is 5.97 Å². The van der Waals surface area contributed by atoms with Crippen molar-refractivity contribution in [2.45, 2.75) is 19.8 Å². The number of aromatic nitrogens is 1. The van der Waals surface area contributed by atoms with Gasteiger partial charge < -0.3 is 19.7 Å². The Balaban J connectivity index is 1.77. The summed E-state index contributed by atoms with van der Waals surface area (Å²) in [6.45, 7) is 2.76. The molecule has 2 aromatic rings. The lowest BCUT2D eigenvalue weighted by Gasteiger charge is -2.27. The van der Waals surface area contributed by atoms with Crippen LogP contribution in [0.1, 0.15) is 29.0 Å². The molecule has 0 aliphatic carbocycles. The van der Waals surface area contributed by atoms with Crippen molar-refractivity contribution in [3.8, 4) is 11.3 Å². The third-order valence-corrected chi connectivity index (χ3v) is 5.18. The topological polar surface area (TPSA) is 102 Å². The van der Waals surface area contributed by atoms with E-state index in [4.69, 9.17) is 20.9 Å². The molecule has 2 N–H and O–H groups in total. The molecule has 0 radical (unpaired) electrons. The first-order valence-corrected chi connectivity index (χ1v) is 9.16. The van der Waals surface area contributed by atoms with E-state index in [2.05, 4.69) is 10.5 Å². The van der Waals surface area contributed by atoms with E-state index in [1.54, 1.807) is 31.2 Å². The summed E-state index contributed by atoms with van der Waals surface area (Å²) in [5.74, 6) is -1.69. The number of ether oxygens (including phenoxy) is 1. The molecular formula is C19H21ClN2O5. The Bertz CT molecular complexity index is 829. The molecule has 1 saturated heterocycles. The van der Waals surface area contributed by atoms with Crippen LogP contribution < -0.4 is 5.32 Å². The summed E-state index contributed by atoms with van der Waals surface area (Å²) >= 11 is 6.21. The molecule has 1 atom stereocenters. The van der Waals surface area contributed by atoms with Crippen molar-refractivity contribution in [2.75, 3.05) is 19.8 Å². The number of aryl methyl sites for hydroxylation is 1. The van der Waals surface area contributed by atoms with E-state index in [-0.39, 0.29) is 18.0 Å². The van der Waals surface area contributed by atoms with Crippen molar-refractivity contribution in [3.63, 3.8) is 0 Å². The molecule has 1 amide bonds. The number of aliphatic carboxylic acids is 1. The Labute approximate surface area is 161 Å². The van der Waals surface area contributed by atoms with E-state index < -0.39 is 17.8 Å². The van der Waals surface area contributed by atoms with Gasteiger partial charge in [0.1, 0.15) is 17.0 Å². The molecular weight excluding hydrogens is 372 g/mol. The van der Waals surface area contributed by atoms with Gasteiger partial charge in [-0.15, -0.1) is 0 Å². The van der Waals surface area contributed by atoms with E-state index in [9.17, 15) is 14.7 Å². The monoisotopic (exact) mass is 392 g/mol. The molecule has 0 spiro atoms. The highest BCUT2D eigenvalue weighted by molar-refractivity contribution is 6.33. The Morgan fingerprint density at radius 3 is 2.70 bits per heavy atom. The zero-order valence-electron chi connectivity index (χ0n) is 14.9. The molecule has 1 fully saturated rings. The third-order valence-electron chi connectivity index (χ3n) is 4.85. The zero-order valence-corrected chi connectivity index (χ0v) is 15.7. The van der Waals surface area contributed by atoms with Gasteiger partial charge in [-0.1, -0.05) is 35.0 Å². The lowest BCUT2D eigenvalue weighted by molar-refractivity contribution is -0.144. The van der Waals surface area contributed by atoms with Gasteiger partial charge in [0.25, 0.3) is 5.91 Å². The highest BCUT2D eigenvalue weighted by atomic mass is 35.5. The first-order chi connectivity index (χ1) is 13.0. The number of halogens is 1. The van der Waals surface area contributed by atoms with E-state index in [0.29, 0.717) is 48.1 Å². The number of nitrogens with zero attached hydrogens (tertiary/aromatic N) is 1. The Kier molecular flexibility index (Phi) is 6.13. The predicted octanol–water partition coefficient (Wildman–Crippen LogP) is 3.16. The van der Waals surface area contributed by atoms with Crippen molar-refractivity contribution in [1.29, 1.82) is 0 Å². The average molecular weight is 393 g/mol. The van der Waals surface area contributed by atoms with Crippen LogP contribution in [-0.2, 0) is 9.53 Å². The lowest BCUT2D eigenvalue weighted by atomic mass is 9.86. The van der Waals surface area contributed by atoms with Crippen LogP contribution in [0.2, 0.25) is 5.02 Å². The van der Waals surface area contributed by atoms with E-state index in [1.807, 2.05) is 0 Å². The Morgan fingerprint density at radius 1 is 1.33 bits per heavy atom. The summed E-state index contributed by atoms with van der Waals surface area (Å²) in [4.78, 5) is 24.4. The van der Waals surface area contributed by atoms with Crippen molar-refractivity contribution < 1.29 is 24.0 Å². The molecule has 7 nitrogen and oxygen atoms in total. The quantitative estimate of drug-likeness (QED) is 0.782. The summed E-state index contributed by atoms with van der Waals surface area (Å²) in [5.41, 5.74) is 1.19. The molecule has 0 saturated carbocycles. The fraction of sp³-hybridized carbons (Fsp3) is 0.421. The minimum absolute atomic E-state index is 0.0249. The fourth-order valence-electron chi connectivity index (χ4n) is 3.34. The maximum Gasteiger partial charge on any atom is 0.308 e. The smallest absolute Gasteiger partial charge is 0.308 e. The molecule has 27 heavy (non-hydrogen) atoms. The lowest BCUT2D eigenvalue weighted by Crippen LogP contribution is -2.39. The van der Waals surface area contributed by atoms with Gasteiger partial charge in [-0.2, -0.15) is 0 Å². The van der Waals surface area contributed by atoms with Crippen LogP contribution in [0.3, 0.4) is 0 Å². The molecule has 1 aliphatic heterocycles. The molecule has 0 bridgehead atoms. The summed E-state index contributed by atoms with van der Waals surface area (Å²) in [7, 11) is 0. The predicted molar refractivity (Wildman–Crippen MR) is 98.7 cm³/mol. The standard InChI is InChI=1S/C19H21ClN2O5/c1-11-16(17(22-27-11)13-4-2-3-5-15(13)20)18(23)21-10-14(19(24)25)12-6-8-26-9-7-12/h2-5,12,14H,6-10H2,1H3,(H,21,23)(H,24,25). The van der Waals surface area contributed by atoms with Crippen LogP contribution in [0.4, 0.5) is 0 Å². The van der Waals surface area contributed by atoms with Crippen molar-refractivity contribution >= 4 is 23.5 Å². The summed E-state index contributed by atoms with van der Waals surface area (Å²) < 4.78 is 10.5. The number of rotatable bonds is 6. The van der Waals surface area contributed by atoms with E-state index in [0.717, 1.165) is 0 Å². The number of carboxylic acids is 1. The summed E-state index contributed by atoms with van der Waals surface area (Å²) in [5, 5.41) is 16.7. The second kappa shape index (κ2) is 8.54. The number of carbonyl (C=O) groups is 2. The number of carboxylic acid groups (broad SMARTS) is 1. The van der Waals surface area contributed by atoms with Crippen LogP contribution in [0, 0.1) is 18.8 Å². The van der Waals surface area contributed by atoms with Crippen LogP contribution >= 0.6 is 11.6 Å². The van der Waals surface area contributed by atoms with Crippen molar-refractivity contribution in [3.05, 3.63) is 40.6 Å². The maximum atomic E-state index is 12.8.